The molecule has 0 atom stereocenters. The van der Waals surface area contributed by atoms with Crippen molar-refractivity contribution in [3.8, 4) is 0 Å². The van der Waals surface area contributed by atoms with Gasteiger partial charge in [0.1, 0.15) is 17.2 Å². The lowest BCUT2D eigenvalue weighted by molar-refractivity contribution is 0.526. The van der Waals surface area contributed by atoms with Gasteiger partial charge in [-0.15, -0.1) is 0 Å². The van der Waals surface area contributed by atoms with Crippen LogP contribution in [0.15, 0.2) is 51.8 Å². The van der Waals surface area contributed by atoms with Crippen molar-refractivity contribution < 1.29 is 17.2 Å². The highest BCUT2D eigenvalue weighted by atomic mass is 35.5. The fraction of sp³-hybridized carbons (Fsp3) is 0.125. The van der Waals surface area contributed by atoms with Crippen molar-refractivity contribution >= 4 is 32.6 Å². The van der Waals surface area contributed by atoms with Crippen molar-refractivity contribution in [3.05, 3.63) is 64.6 Å². The standard InChI is InChI=1S/C16H13ClFNO3S/c1-10-12-4-2-3-5-15(12)22-16(10)9-19-23(20,21)11-6-7-14(18)13(17)8-11/h2-8,19H,9H2,1H3. The maximum atomic E-state index is 13.1. The fourth-order valence-electron chi connectivity index (χ4n) is 2.28. The lowest BCUT2D eigenvalue weighted by Gasteiger charge is -2.06. The van der Waals surface area contributed by atoms with Gasteiger partial charge in [0, 0.05) is 5.39 Å². The molecule has 1 heterocycles. The maximum absolute atomic E-state index is 13.1. The average molecular weight is 354 g/mol. The van der Waals surface area contributed by atoms with E-state index < -0.39 is 15.8 Å². The molecule has 0 saturated heterocycles. The number of rotatable bonds is 4. The first kappa shape index (κ1) is 16.0. The van der Waals surface area contributed by atoms with Gasteiger partial charge in [0.05, 0.1) is 16.5 Å². The third-order valence-corrected chi connectivity index (χ3v) is 5.26. The molecule has 1 aromatic heterocycles. The first-order chi connectivity index (χ1) is 10.9. The third kappa shape index (κ3) is 3.10. The number of fused-ring (bicyclic) bond motifs is 1. The molecule has 23 heavy (non-hydrogen) atoms. The zero-order valence-electron chi connectivity index (χ0n) is 12.1. The molecule has 0 bridgehead atoms. The van der Waals surface area contributed by atoms with Gasteiger partial charge >= 0.3 is 0 Å². The lowest BCUT2D eigenvalue weighted by atomic mass is 10.1. The van der Waals surface area contributed by atoms with E-state index in [0.717, 1.165) is 29.1 Å². The molecule has 0 aliphatic heterocycles. The highest BCUT2D eigenvalue weighted by Crippen LogP contribution is 2.25. The van der Waals surface area contributed by atoms with E-state index in [1.54, 1.807) is 0 Å². The molecule has 3 rings (SSSR count). The van der Waals surface area contributed by atoms with Crippen LogP contribution in [0.25, 0.3) is 11.0 Å². The summed E-state index contributed by atoms with van der Waals surface area (Å²) in [5.74, 6) is -0.137. The van der Waals surface area contributed by atoms with Crippen molar-refractivity contribution in [1.29, 1.82) is 0 Å². The SMILES string of the molecule is Cc1c(CNS(=O)(=O)c2ccc(F)c(Cl)c2)oc2ccccc12. The number of halogens is 2. The zero-order chi connectivity index (χ0) is 16.6. The molecular formula is C16H13ClFNO3S. The summed E-state index contributed by atoms with van der Waals surface area (Å²) in [5, 5.41) is 0.694. The first-order valence-corrected chi connectivity index (χ1v) is 8.66. The van der Waals surface area contributed by atoms with Crippen molar-refractivity contribution in [2.75, 3.05) is 0 Å². The second kappa shape index (κ2) is 5.96. The smallest absolute Gasteiger partial charge is 0.241 e. The van der Waals surface area contributed by atoms with E-state index in [1.165, 1.54) is 0 Å². The van der Waals surface area contributed by atoms with Crippen molar-refractivity contribution in [3.63, 3.8) is 0 Å². The van der Waals surface area contributed by atoms with Crippen LogP contribution in [-0.2, 0) is 16.6 Å². The minimum atomic E-state index is -3.81. The van der Waals surface area contributed by atoms with Gasteiger partial charge in [-0.3, -0.25) is 0 Å². The highest BCUT2D eigenvalue weighted by molar-refractivity contribution is 7.89. The second-order valence-electron chi connectivity index (χ2n) is 5.05. The van der Waals surface area contributed by atoms with E-state index in [1.807, 2.05) is 31.2 Å². The number of sulfonamides is 1. The topological polar surface area (TPSA) is 59.3 Å². The Hall–Kier alpha value is -1.89. The molecule has 0 fully saturated rings. The Labute approximate surface area is 137 Å². The summed E-state index contributed by atoms with van der Waals surface area (Å²) in [5.41, 5.74) is 1.57. The number of aryl methyl sites for hydroxylation is 1. The Balaban J connectivity index is 1.86. The van der Waals surface area contributed by atoms with Crippen LogP contribution in [0.4, 0.5) is 4.39 Å². The first-order valence-electron chi connectivity index (χ1n) is 6.80. The molecule has 0 radical (unpaired) electrons. The number of nitrogens with one attached hydrogen (secondary N) is 1. The van der Waals surface area contributed by atoms with Gasteiger partial charge in [-0.25, -0.2) is 17.5 Å². The number of para-hydroxylation sites is 1. The van der Waals surface area contributed by atoms with E-state index >= 15 is 0 Å². The molecule has 0 aliphatic carbocycles. The number of furan rings is 1. The van der Waals surface area contributed by atoms with Crippen molar-refractivity contribution in [1.82, 2.24) is 4.72 Å². The van der Waals surface area contributed by atoms with Crippen LogP contribution in [-0.4, -0.2) is 8.42 Å². The Morgan fingerprint density at radius 2 is 1.96 bits per heavy atom. The summed E-state index contributed by atoms with van der Waals surface area (Å²) < 4.78 is 45.8. The minimum Gasteiger partial charge on any atom is -0.459 e. The van der Waals surface area contributed by atoms with Gasteiger partial charge in [0.15, 0.2) is 0 Å². The third-order valence-electron chi connectivity index (χ3n) is 3.57. The monoisotopic (exact) mass is 353 g/mol. The predicted octanol–water partition coefficient (Wildman–Crippen LogP) is 4.01. The van der Waals surface area contributed by atoms with Gasteiger partial charge in [-0.1, -0.05) is 29.8 Å². The van der Waals surface area contributed by atoms with Crippen LogP contribution in [0.2, 0.25) is 5.02 Å². The van der Waals surface area contributed by atoms with Gasteiger partial charge in [0.2, 0.25) is 10.0 Å². The molecule has 2 aromatic carbocycles. The molecule has 0 aliphatic rings. The lowest BCUT2D eigenvalue weighted by Crippen LogP contribution is -2.23. The molecule has 1 N–H and O–H groups in total. The Morgan fingerprint density at radius 3 is 2.65 bits per heavy atom. The van der Waals surface area contributed by atoms with E-state index in [0.29, 0.717) is 11.3 Å². The molecule has 120 valence electrons. The molecule has 0 unspecified atom stereocenters. The molecule has 4 nitrogen and oxygen atoms in total. The van der Waals surface area contributed by atoms with Crippen LogP contribution in [0, 0.1) is 12.7 Å². The summed E-state index contributed by atoms with van der Waals surface area (Å²) in [6, 6.07) is 10.7. The normalized spacial score (nSPS) is 12.0. The van der Waals surface area contributed by atoms with Gasteiger partial charge in [0.25, 0.3) is 0 Å². The Kier molecular flexibility index (Phi) is 4.14. The zero-order valence-corrected chi connectivity index (χ0v) is 13.7. The number of benzene rings is 2. The molecule has 0 saturated carbocycles. The van der Waals surface area contributed by atoms with Crippen LogP contribution in [0.3, 0.4) is 0 Å². The van der Waals surface area contributed by atoms with Crippen LogP contribution >= 0.6 is 11.6 Å². The quantitative estimate of drug-likeness (QED) is 0.770. The molecule has 0 spiro atoms. The summed E-state index contributed by atoms with van der Waals surface area (Å²) >= 11 is 5.63. The van der Waals surface area contributed by atoms with Crippen LogP contribution in [0.1, 0.15) is 11.3 Å². The summed E-state index contributed by atoms with van der Waals surface area (Å²) in [4.78, 5) is -0.0994. The van der Waals surface area contributed by atoms with E-state index in [9.17, 15) is 12.8 Å². The van der Waals surface area contributed by atoms with Crippen LogP contribution in [0.5, 0.6) is 0 Å². The Bertz CT molecular complexity index is 982. The average Bonchev–Trinajstić information content (AvgIpc) is 2.85. The van der Waals surface area contributed by atoms with Gasteiger partial charge in [-0.2, -0.15) is 0 Å². The number of hydrogen-bond donors (Lipinski definition) is 1. The predicted molar refractivity (Wildman–Crippen MR) is 86.4 cm³/mol. The largest absolute Gasteiger partial charge is 0.459 e. The summed E-state index contributed by atoms with van der Waals surface area (Å²) in [6.45, 7) is 1.86. The summed E-state index contributed by atoms with van der Waals surface area (Å²) in [7, 11) is -3.81. The number of hydrogen-bond acceptors (Lipinski definition) is 3. The Morgan fingerprint density at radius 1 is 1.22 bits per heavy atom. The van der Waals surface area contributed by atoms with Gasteiger partial charge < -0.3 is 4.42 Å². The van der Waals surface area contributed by atoms with E-state index in [-0.39, 0.29) is 16.5 Å². The van der Waals surface area contributed by atoms with Gasteiger partial charge in [-0.05, 0) is 36.8 Å². The molecular weight excluding hydrogens is 341 g/mol. The molecule has 7 heteroatoms. The van der Waals surface area contributed by atoms with E-state index in [2.05, 4.69) is 4.72 Å². The van der Waals surface area contributed by atoms with E-state index in [4.69, 9.17) is 16.0 Å². The summed E-state index contributed by atoms with van der Waals surface area (Å²) in [6.07, 6.45) is 0. The second-order valence-corrected chi connectivity index (χ2v) is 7.22. The van der Waals surface area contributed by atoms with Crippen molar-refractivity contribution in [2.45, 2.75) is 18.4 Å². The minimum absolute atomic E-state index is 0.00214. The molecule has 3 aromatic rings. The maximum Gasteiger partial charge on any atom is 0.241 e. The fourth-order valence-corrected chi connectivity index (χ4v) is 3.53. The van der Waals surface area contributed by atoms with Crippen LogP contribution < -0.4 is 4.72 Å². The molecule has 0 amide bonds. The van der Waals surface area contributed by atoms with Crippen molar-refractivity contribution in [2.24, 2.45) is 0 Å². The highest BCUT2D eigenvalue weighted by Gasteiger charge is 2.18.